The van der Waals surface area contributed by atoms with Crippen LogP contribution in [0.5, 0.6) is 0 Å². The van der Waals surface area contributed by atoms with Gasteiger partial charge in [0.25, 0.3) is 5.91 Å². The van der Waals surface area contributed by atoms with Gasteiger partial charge in [0.15, 0.2) is 5.11 Å². The van der Waals surface area contributed by atoms with Crippen LogP contribution < -0.4 is 10.2 Å². The molecule has 1 fully saturated rings. The number of amides is 1. The van der Waals surface area contributed by atoms with E-state index in [1.807, 2.05) is 49.4 Å². The van der Waals surface area contributed by atoms with Crippen LogP contribution in [-0.2, 0) is 4.79 Å². The van der Waals surface area contributed by atoms with Crippen LogP contribution in [0.4, 0.5) is 5.69 Å². The van der Waals surface area contributed by atoms with Crippen molar-refractivity contribution in [2.24, 2.45) is 0 Å². The SMILES string of the molecule is Cc1cccc(N2C(=O)/C(=C/c3ccccc3Cl)NC2=S)c1. The minimum Gasteiger partial charge on any atom is -0.327 e. The second-order valence-corrected chi connectivity index (χ2v) is 5.78. The third-order valence-corrected chi connectivity index (χ3v) is 3.97. The molecule has 5 heteroatoms. The van der Waals surface area contributed by atoms with Crippen molar-refractivity contribution < 1.29 is 4.79 Å². The molecule has 0 atom stereocenters. The molecule has 1 saturated heterocycles. The smallest absolute Gasteiger partial charge is 0.281 e. The lowest BCUT2D eigenvalue weighted by molar-refractivity contribution is -0.113. The second-order valence-electron chi connectivity index (χ2n) is 4.99. The van der Waals surface area contributed by atoms with E-state index in [1.54, 1.807) is 12.1 Å². The Hall–Kier alpha value is -2.17. The van der Waals surface area contributed by atoms with E-state index in [2.05, 4.69) is 5.32 Å². The van der Waals surface area contributed by atoms with Crippen LogP contribution in [-0.4, -0.2) is 11.0 Å². The molecule has 110 valence electrons. The lowest BCUT2D eigenvalue weighted by Crippen LogP contribution is -2.30. The summed E-state index contributed by atoms with van der Waals surface area (Å²) in [5, 5.41) is 3.91. The molecule has 0 spiro atoms. The Balaban J connectivity index is 1.97. The van der Waals surface area contributed by atoms with Crippen LogP contribution in [0.25, 0.3) is 6.08 Å². The highest BCUT2D eigenvalue weighted by molar-refractivity contribution is 7.80. The molecule has 1 N–H and O–H groups in total. The molecule has 0 aromatic heterocycles. The van der Waals surface area contributed by atoms with Gasteiger partial charge in [-0.3, -0.25) is 9.69 Å². The molecule has 0 unspecified atom stereocenters. The van der Waals surface area contributed by atoms with Crippen molar-refractivity contribution >= 4 is 46.6 Å². The van der Waals surface area contributed by atoms with Gasteiger partial charge in [-0.15, -0.1) is 0 Å². The first kappa shape index (κ1) is 14.8. The number of thiocarbonyl (C=S) groups is 1. The first-order chi connectivity index (χ1) is 10.6. The van der Waals surface area contributed by atoms with Crippen molar-refractivity contribution in [3.63, 3.8) is 0 Å². The molecule has 3 nitrogen and oxygen atoms in total. The Morgan fingerprint density at radius 2 is 1.95 bits per heavy atom. The maximum absolute atomic E-state index is 12.6. The summed E-state index contributed by atoms with van der Waals surface area (Å²) < 4.78 is 0. The van der Waals surface area contributed by atoms with Crippen molar-refractivity contribution in [1.29, 1.82) is 0 Å². The zero-order valence-electron chi connectivity index (χ0n) is 11.8. The average molecular weight is 329 g/mol. The molecule has 0 radical (unpaired) electrons. The van der Waals surface area contributed by atoms with E-state index in [0.29, 0.717) is 15.8 Å². The predicted octanol–water partition coefficient (Wildman–Crippen LogP) is 3.91. The largest absolute Gasteiger partial charge is 0.327 e. The summed E-state index contributed by atoms with van der Waals surface area (Å²) in [5.41, 5.74) is 3.01. The van der Waals surface area contributed by atoms with E-state index in [4.69, 9.17) is 23.8 Å². The summed E-state index contributed by atoms with van der Waals surface area (Å²) in [7, 11) is 0. The molecular formula is C17H13ClN2OS. The summed E-state index contributed by atoms with van der Waals surface area (Å²) in [6, 6.07) is 15.0. The second kappa shape index (κ2) is 5.91. The molecule has 0 saturated carbocycles. The standard InChI is InChI=1S/C17H13ClN2OS/c1-11-5-4-7-13(9-11)20-16(21)15(19-17(20)22)10-12-6-2-3-8-14(12)18/h2-10H,1H3,(H,19,22)/b15-10-. The molecule has 22 heavy (non-hydrogen) atoms. The molecule has 0 bridgehead atoms. The quantitative estimate of drug-likeness (QED) is 0.670. The molecule has 1 aliphatic rings. The zero-order chi connectivity index (χ0) is 15.7. The maximum Gasteiger partial charge on any atom is 0.281 e. The van der Waals surface area contributed by atoms with Gasteiger partial charge in [0, 0.05) is 5.02 Å². The number of carbonyl (C=O) groups is 1. The molecule has 3 rings (SSSR count). The van der Waals surface area contributed by atoms with E-state index < -0.39 is 0 Å². The molecule has 2 aromatic carbocycles. The van der Waals surface area contributed by atoms with Gasteiger partial charge >= 0.3 is 0 Å². The average Bonchev–Trinajstić information content (AvgIpc) is 2.76. The first-order valence-electron chi connectivity index (χ1n) is 6.74. The van der Waals surface area contributed by atoms with E-state index in [0.717, 1.165) is 16.8 Å². The Morgan fingerprint density at radius 1 is 1.18 bits per heavy atom. The van der Waals surface area contributed by atoms with Crippen molar-refractivity contribution in [2.75, 3.05) is 4.90 Å². The van der Waals surface area contributed by atoms with Gasteiger partial charge in [0.05, 0.1) is 5.69 Å². The van der Waals surface area contributed by atoms with E-state index in [1.165, 1.54) is 4.90 Å². The molecule has 0 aliphatic carbocycles. The maximum atomic E-state index is 12.6. The topological polar surface area (TPSA) is 32.3 Å². The van der Waals surface area contributed by atoms with Crippen molar-refractivity contribution in [2.45, 2.75) is 6.92 Å². The van der Waals surface area contributed by atoms with Gasteiger partial charge in [-0.1, -0.05) is 41.9 Å². The minimum atomic E-state index is -0.185. The number of nitrogens with one attached hydrogen (secondary N) is 1. The number of rotatable bonds is 2. The number of anilines is 1. The lowest BCUT2D eigenvalue weighted by atomic mass is 10.2. The third kappa shape index (κ3) is 2.75. The molecular weight excluding hydrogens is 316 g/mol. The number of halogens is 1. The van der Waals surface area contributed by atoms with Gasteiger partial charge in [-0.2, -0.15) is 0 Å². The monoisotopic (exact) mass is 328 g/mol. The normalized spacial score (nSPS) is 16.3. The fraction of sp³-hybridized carbons (Fsp3) is 0.0588. The van der Waals surface area contributed by atoms with Gasteiger partial charge in [-0.05, 0) is 54.5 Å². The number of aryl methyl sites for hydroxylation is 1. The van der Waals surface area contributed by atoms with Crippen molar-refractivity contribution in [1.82, 2.24) is 5.32 Å². The minimum absolute atomic E-state index is 0.185. The van der Waals surface area contributed by atoms with Crippen LogP contribution in [0.1, 0.15) is 11.1 Å². The highest BCUT2D eigenvalue weighted by Gasteiger charge is 2.32. The highest BCUT2D eigenvalue weighted by atomic mass is 35.5. The Labute approximate surface area is 139 Å². The zero-order valence-corrected chi connectivity index (χ0v) is 13.4. The number of hydrogen-bond acceptors (Lipinski definition) is 2. The number of nitrogens with zero attached hydrogens (tertiary/aromatic N) is 1. The van der Waals surface area contributed by atoms with E-state index in [-0.39, 0.29) is 5.91 Å². The summed E-state index contributed by atoms with van der Waals surface area (Å²) in [4.78, 5) is 14.1. The number of hydrogen-bond donors (Lipinski definition) is 1. The predicted molar refractivity (Wildman–Crippen MR) is 93.8 cm³/mol. The van der Waals surface area contributed by atoms with Gasteiger partial charge in [-0.25, -0.2) is 0 Å². The summed E-state index contributed by atoms with van der Waals surface area (Å²) >= 11 is 11.4. The fourth-order valence-corrected chi connectivity index (χ4v) is 2.77. The Kier molecular flexibility index (Phi) is 3.96. The Bertz CT molecular complexity index is 801. The number of benzene rings is 2. The summed E-state index contributed by atoms with van der Waals surface area (Å²) in [6.07, 6.45) is 1.72. The van der Waals surface area contributed by atoms with Gasteiger partial charge in [0.2, 0.25) is 0 Å². The highest BCUT2D eigenvalue weighted by Crippen LogP contribution is 2.25. The van der Waals surface area contributed by atoms with E-state index in [9.17, 15) is 4.79 Å². The summed E-state index contributed by atoms with van der Waals surface area (Å²) in [5.74, 6) is -0.185. The molecule has 1 aliphatic heterocycles. The van der Waals surface area contributed by atoms with Crippen molar-refractivity contribution in [3.8, 4) is 0 Å². The molecule has 2 aromatic rings. The summed E-state index contributed by atoms with van der Waals surface area (Å²) in [6.45, 7) is 1.97. The van der Waals surface area contributed by atoms with Gasteiger partial charge in [0.1, 0.15) is 5.70 Å². The van der Waals surface area contributed by atoms with Crippen LogP contribution >= 0.6 is 23.8 Å². The van der Waals surface area contributed by atoms with E-state index >= 15 is 0 Å². The van der Waals surface area contributed by atoms with Crippen LogP contribution in [0, 0.1) is 6.92 Å². The lowest BCUT2D eigenvalue weighted by Gasteiger charge is -2.14. The van der Waals surface area contributed by atoms with Crippen LogP contribution in [0.2, 0.25) is 5.02 Å². The molecule has 1 amide bonds. The first-order valence-corrected chi connectivity index (χ1v) is 7.53. The van der Waals surface area contributed by atoms with Crippen LogP contribution in [0.15, 0.2) is 54.2 Å². The fourth-order valence-electron chi connectivity index (χ4n) is 2.28. The van der Waals surface area contributed by atoms with Crippen molar-refractivity contribution in [3.05, 3.63) is 70.4 Å². The van der Waals surface area contributed by atoms with Crippen LogP contribution in [0.3, 0.4) is 0 Å². The molecule has 1 heterocycles. The Morgan fingerprint density at radius 3 is 2.68 bits per heavy atom. The van der Waals surface area contributed by atoms with Gasteiger partial charge < -0.3 is 5.32 Å². The number of carbonyl (C=O) groups excluding carboxylic acids is 1. The third-order valence-electron chi connectivity index (χ3n) is 3.34.